The van der Waals surface area contributed by atoms with Crippen molar-refractivity contribution in [3.05, 3.63) is 23.8 Å². The first-order valence-electron chi connectivity index (χ1n) is 6.84. The van der Waals surface area contributed by atoms with Crippen molar-refractivity contribution in [1.29, 1.82) is 0 Å². The second-order valence-electron chi connectivity index (χ2n) is 5.03. The lowest BCUT2D eigenvalue weighted by molar-refractivity contribution is 0.222. The Morgan fingerprint density at radius 1 is 1.20 bits per heavy atom. The number of nitrogens with zero attached hydrogens (tertiary/aromatic N) is 2. The Morgan fingerprint density at radius 3 is 2.40 bits per heavy atom. The van der Waals surface area contributed by atoms with Crippen LogP contribution in [0, 0.1) is 0 Å². The van der Waals surface area contributed by atoms with Gasteiger partial charge < -0.3 is 9.64 Å². The van der Waals surface area contributed by atoms with Gasteiger partial charge in [0.25, 0.3) is 0 Å². The third-order valence-corrected chi connectivity index (χ3v) is 5.63. The predicted molar refractivity (Wildman–Crippen MR) is 78.6 cm³/mol. The second kappa shape index (κ2) is 6.11. The molecule has 1 heterocycles. The molecule has 0 aromatic heterocycles. The Bertz CT molecular complexity index is 564. The molecule has 1 fully saturated rings. The lowest BCUT2D eigenvalue weighted by Gasteiger charge is -2.31. The van der Waals surface area contributed by atoms with E-state index in [0.717, 1.165) is 30.8 Å². The van der Waals surface area contributed by atoms with Gasteiger partial charge in [-0.05, 0) is 37.2 Å². The van der Waals surface area contributed by atoms with Crippen molar-refractivity contribution in [3.8, 4) is 5.75 Å². The topological polar surface area (TPSA) is 49.9 Å². The van der Waals surface area contributed by atoms with Crippen LogP contribution in [0.15, 0.2) is 23.1 Å². The molecule has 0 atom stereocenters. The normalized spacial score (nSPS) is 18.1. The maximum Gasteiger partial charge on any atom is 0.243 e. The highest BCUT2D eigenvalue weighted by molar-refractivity contribution is 7.89. The highest BCUT2D eigenvalue weighted by atomic mass is 32.2. The van der Waals surface area contributed by atoms with Crippen LogP contribution < -0.4 is 4.74 Å². The molecule has 0 spiro atoms. The first kappa shape index (κ1) is 15.3. The van der Waals surface area contributed by atoms with Crippen LogP contribution in [0.1, 0.15) is 12.5 Å². The number of hydrogen-bond donors (Lipinski definition) is 0. The average Bonchev–Trinajstić information content (AvgIpc) is 2.46. The molecule has 1 aromatic rings. The van der Waals surface area contributed by atoms with E-state index in [-0.39, 0.29) is 0 Å². The number of methoxy groups -OCH3 is 1. The Hall–Kier alpha value is -1.11. The Kier molecular flexibility index (Phi) is 4.67. The minimum atomic E-state index is -3.39. The van der Waals surface area contributed by atoms with Crippen LogP contribution in [0.25, 0.3) is 0 Å². The first-order chi connectivity index (χ1) is 9.48. The highest BCUT2D eigenvalue weighted by Gasteiger charge is 2.27. The van der Waals surface area contributed by atoms with Crippen molar-refractivity contribution in [2.75, 3.05) is 40.3 Å². The summed E-state index contributed by atoms with van der Waals surface area (Å²) in [5.74, 6) is 0.741. The van der Waals surface area contributed by atoms with Gasteiger partial charge in [0.2, 0.25) is 10.0 Å². The zero-order chi connectivity index (χ0) is 14.8. The van der Waals surface area contributed by atoms with E-state index < -0.39 is 10.0 Å². The molecule has 112 valence electrons. The molecular formula is C14H22N2O3S. The van der Waals surface area contributed by atoms with Crippen LogP contribution >= 0.6 is 0 Å². The third kappa shape index (κ3) is 2.97. The quantitative estimate of drug-likeness (QED) is 0.838. The predicted octanol–water partition coefficient (Wildman–Crippen LogP) is 1.19. The van der Waals surface area contributed by atoms with Crippen molar-refractivity contribution >= 4 is 10.0 Å². The SMILES string of the molecule is CCc1cc(S(=O)(=O)N2CCN(C)CC2)ccc1OC. The summed E-state index contributed by atoms with van der Waals surface area (Å²) in [4.78, 5) is 2.50. The van der Waals surface area contributed by atoms with Gasteiger partial charge in [-0.25, -0.2) is 8.42 Å². The lowest BCUT2D eigenvalue weighted by atomic mass is 10.1. The number of rotatable bonds is 4. The van der Waals surface area contributed by atoms with Crippen molar-refractivity contribution in [2.24, 2.45) is 0 Å². The van der Waals surface area contributed by atoms with Gasteiger partial charge in [-0.3, -0.25) is 0 Å². The molecule has 0 saturated carbocycles. The molecule has 1 aliphatic heterocycles. The summed E-state index contributed by atoms with van der Waals surface area (Å²) in [7, 11) is 0.215. The van der Waals surface area contributed by atoms with E-state index in [0.29, 0.717) is 18.0 Å². The molecule has 1 saturated heterocycles. The summed E-state index contributed by atoms with van der Waals surface area (Å²) >= 11 is 0. The fourth-order valence-electron chi connectivity index (χ4n) is 2.37. The fourth-order valence-corrected chi connectivity index (χ4v) is 3.84. The van der Waals surface area contributed by atoms with Crippen LogP contribution in [-0.4, -0.2) is 58.0 Å². The van der Waals surface area contributed by atoms with Gasteiger partial charge in [-0.15, -0.1) is 0 Å². The average molecular weight is 298 g/mol. The molecule has 0 N–H and O–H groups in total. The summed E-state index contributed by atoms with van der Waals surface area (Å²) in [5, 5.41) is 0. The van der Waals surface area contributed by atoms with Crippen molar-refractivity contribution < 1.29 is 13.2 Å². The number of likely N-dealkylation sites (N-methyl/N-ethyl adjacent to an activating group) is 1. The number of piperazine rings is 1. The molecule has 0 amide bonds. The van der Waals surface area contributed by atoms with E-state index in [1.165, 1.54) is 0 Å². The Labute approximate surface area is 121 Å². The largest absolute Gasteiger partial charge is 0.496 e. The third-order valence-electron chi connectivity index (χ3n) is 3.73. The lowest BCUT2D eigenvalue weighted by Crippen LogP contribution is -2.47. The Balaban J connectivity index is 2.30. The molecule has 0 radical (unpaired) electrons. The number of benzene rings is 1. The van der Waals surface area contributed by atoms with Gasteiger partial charge in [0, 0.05) is 26.2 Å². The summed E-state index contributed by atoms with van der Waals surface area (Å²) < 4.78 is 32.1. The molecule has 0 bridgehead atoms. The molecule has 20 heavy (non-hydrogen) atoms. The molecule has 6 heteroatoms. The van der Waals surface area contributed by atoms with Crippen LogP contribution in [0.4, 0.5) is 0 Å². The van der Waals surface area contributed by atoms with Crippen molar-refractivity contribution in [1.82, 2.24) is 9.21 Å². The van der Waals surface area contributed by atoms with E-state index in [2.05, 4.69) is 4.90 Å². The smallest absolute Gasteiger partial charge is 0.243 e. The summed E-state index contributed by atoms with van der Waals surface area (Å²) in [6.07, 6.45) is 0.745. The van der Waals surface area contributed by atoms with Gasteiger partial charge in [-0.1, -0.05) is 6.92 Å². The number of sulfonamides is 1. The van der Waals surface area contributed by atoms with Crippen LogP contribution in [0.3, 0.4) is 0 Å². The molecule has 0 aliphatic carbocycles. The van der Waals surface area contributed by atoms with Crippen LogP contribution in [-0.2, 0) is 16.4 Å². The maximum atomic E-state index is 12.6. The maximum absolute atomic E-state index is 12.6. The van der Waals surface area contributed by atoms with Crippen LogP contribution in [0.5, 0.6) is 5.75 Å². The summed E-state index contributed by atoms with van der Waals surface area (Å²) in [6.45, 7) is 4.63. The van der Waals surface area contributed by atoms with E-state index in [1.807, 2.05) is 14.0 Å². The minimum absolute atomic E-state index is 0.361. The van der Waals surface area contributed by atoms with E-state index in [1.54, 1.807) is 29.6 Å². The molecular weight excluding hydrogens is 276 g/mol. The number of aryl methyl sites for hydroxylation is 1. The van der Waals surface area contributed by atoms with Gasteiger partial charge >= 0.3 is 0 Å². The molecule has 1 aromatic carbocycles. The van der Waals surface area contributed by atoms with Gasteiger partial charge in [0.1, 0.15) is 5.75 Å². The standard InChI is InChI=1S/C14H22N2O3S/c1-4-12-11-13(5-6-14(12)19-3)20(17,18)16-9-7-15(2)8-10-16/h5-6,11H,4,7-10H2,1-3H3. The first-order valence-corrected chi connectivity index (χ1v) is 8.28. The highest BCUT2D eigenvalue weighted by Crippen LogP contribution is 2.25. The van der Waals surface area contributed by atoms with Crippen molar-refractivity contribution in [2.45, 2.75) is 18.2 Å². The van der Waals surface area contributed by atoms with E-state index >= 15 is 0 Å². The van der Waals surface area contributed by atoms with Gasteiger partial charge in [0.15, 0.2) is 0 Å². The monoisotopic (exact) mass is 298 g/mol. The minimum Gasteiger partial charge on any atom is -0.496 e. The van der Waals surface area contributed by atoms with E-state index in [4.69, 9.17) is 4.74 Å². The van der Waals surface area contributed by atoms with Gasteiger partial charge in [0.05, 0.1) is 12.0 Å². The molecule has 1 aliphatic rings. The fraction of sp³-hybridized carbons (Fsp3) is 0.571. The zero-order valence-corrected chi connectivity index (χ0v) is 13.1. The molecule has 0 unspecified atom stereocenters. The van der Waals surface area contributed by atoms with Crippen molar-refractivity contribution in [3.63, 3.8) is 0 Å². The molecule has 2 rings (SSSR count). The van der Waals surface area contributed by atoms with E-state index in [9.17, 15) is 8.42 Å². The second-order valence-corrected chi connectivity index (χ2v) is 6.97. The number of hydrogen-bond acceptors (Lipinski definition) is 4. The zero-order valence-electron chi connectivity index (χ0n) is 12.3. The van der Waals surface area contributed by atoms with Gasteiger partial charge in [-0.2, -0.15) is 4.31 Å². The summed E-state index contributed by atoms with van der Waals surface area (Å²) in [6, 6.07) is 5.10. The molecule has 5 nitrogen and oxygen atoms in total. The van der Waals surface area contributed by atoms with Crippen LogP contribution in [0.2, 0.25) is 0 Å². The summed E-state index contributed by atoms with van der Waals surface area (Å²) in [5.41, 5.74) is 0.919. The number of ether oxygens (including phenoxy) is 1. The Morgan fingerprint density at radius 2 is 1.85 bits per heavy atom.